The van der Waals surface area contributed by atoms with E-state index in [1.807, 2.05) is 66.7 Å². The molecule has 3 aromatic carbocycles. The SMILES string of the molecule is Clc1[c]cccc1-c1ccc(Oc2ccccc2)cc1. The lowest BCUT2D eigenvalue weighted by atomic mass is 10.1. The molecule has 0 heterocycles. The van der Waals surface area contributed by atoms with Crippen LogP contribution in [0.25, 0.3) is 11.1 Å². The minimum absolute atomic E-state index is 0.629. The molecule has 1 radical (unpaired) electrons. The molecule has 0 atom stereocenters. The van der Waals surface area contributed by atoms with Crippen LogP contribution in [0.5, 0.6) is 11.5 Å². The highest BCUT2D eigenvalue weighted by Crippen LogP contribution is 2.29. The van der Waals surface area contributed by atoms with Gasteiger partial charge in [0.15, 0.2) is 0 Å². The fourth-order valence-electron chi connectivity index (χ4n) is 1.97. The topological polar surface area (TPSA) is 9.23 Å². The largest absolute Gasteiger partial charge is 0.457 e. The zero-order chi connectivity index (χ0) is 13.8. The smallest absolute Gasteiger partial charge is 0.127 e. The van der Waals surface area contributed by atoms with Gasteiger partial charge in [0.1, 0.15) is 11.5 Å². The van der Waals surface area contributed by atoms with Crippen LogP contribution in [-0.4, -0.2) is 0 Å². The van der Waals surface area contributed by atoms with Gasteiger partial charge in [-0.05, 0) is 29.8 Å². The van der Waals surface area contributed by atoms with E-state index in [9.17, 15) is 0 Å². The molecule has 0 spiro atoms. The van der Waals surface area contributed by atoms with Crippen LogP contribution in [0.4, 0.5) is 0 Å². The highest BCUT2D eigenvalue weighted by atomic mass is 35.5. The second-order valence-corrected chi connectivity index (χ2v) is 4.72. The average Bonchev–Trinajstić information content (AvgIpc) is 2.50. The maximum absolute atomic E-state index is 6.14. The monoisotopic (exact) mass is 279 g/mol. The molecule has 97 valence electrons. The van der Waals surface area contributed by atoms with Crippen molar-refractivity contribution in [3.63, 3.8) is 0 Å². The van der Waals surface area contributed by atoms with Crippen molar-refractivity contribution in [2.45, 2.75) is 0 Å². The number of benzene rings is 3. The van der Waals surface area contributed by atoms with E-state index in [1.165, 1.54) is 0 Å². The predicted octanol–water partition coefficient (Wildman–Crippen LogP) is 5.60. The Hall–Kier alpha value is -2.25. The minimum Gasteiger partial charge on any atom is -0.457 e. The van der Waals surface area contributed by atoms with E-state index in [2.05, 4.69) is 6.07 Å². The van der Waals surface area contributed by atoms with Gasteiger partial charge in [-0.2, -0.15) is 0 Å². The first-order valence-electron chi connectivity index (χ1n) is 6.32. The fraction of sp³-hybridized carbons (Fsp3) is 0. The molecule has 2 heteroatoms. The summed E-state index contributed by atoms with van der Waals surface area (Å²) in [4.78, 5) is 0. The van der Waals surface area contributed by atoms with Crippen LogP contribution in [-0.2, 0) is 0 Å². The number of ether oxygens (including phenoxy) is 1. The third-order valence-corrected chi connectivity index (χ3v) is 3.26. The zero-order valence-corrected chi connectivity index (χ0v) is 11.5. The van der Waals surface area contributed by atoms with Crippen molar-refractivity contribution >= 4 is 11.6 Å². The van der Waals surface area contributed by atoms with Gasteiger partial charge in [0, 0.05) is 11.6 Å². The first-order valence-corrected chi connectivity index (χ1v) is 6.70. The van der Waals surface area contributed by atoms with E-state index >= 15 is 0 Å². The Morgan fingerprint density at radius 1 is 0.750 bits per heavy atom. The van der Waals surface area contributed by atoms with Crippen LogP contribution in [0.2, 0.25) is 5.02 Å². The van der Waals surface area contributed by atoms with Crippen molar-refractivity contribution < 1.29 is 4.74 Å². The van der Waals surface area contributed by atoms with Gasteiger partial charge in [-0.3, -0.25) is 0 Å². The first-order chi connectivity index (χ1) is 9.83. The van der Waals surface area contributed by atoms with Gasteiger partial charge in [0.05, 0.1) is 5.02 Å². The number of rotatable bonds is 3. The third-order valence-electron chi connectivity index (χ3n) is 2.95. The molecule has 20 heavy (non-hydrogen) atoms. The Labute approximate surface area is 123 Å². The Kier molecular flexibility index (Phi) is 3.71. The molecule has 0 aliphatic heterocycles. The van der Waals surface area contributed by atoms with E-state index in [0.717, 1.165) is 22.6 Å². The van der Waals surface area contributed by atoms with Gasteiger partial charge in [-0.25, -0.2) is 0 Å². The Morgan fingerprint density at radius 3 is 2.15 bits per heavy atom. The highest BCUT2D eigenvalue weighted by molar-refractivity contribution is 6.33. The molecule has 0 fully saturated rings. The summed E-state index contributed by atoms with van der Waals surface area (Å²) in [6.07, 6.45) is 0. The maximum atomic E-state index is 6.14. The molecule has 0 unspecified atom stereocenters. The van der Waals surface area contributed by atoms with E-state index < -0.39 is 0 Å². The lowest BCUT2D eigenvalue weighted by Crippen LogP contribution is -1.84. The quantitative estimate of drug-likeness (QED) is 0.606. The van der Waals surface area contributed by atoms with Crippen molar-refractivity contribution in [2.75, 3.05) is 0 Å². The molecule has 0 saturated heterocycles. The summed E-state index contributed by atoms with van der Waals surface area (Å²) < 4.78 is 5.76. The van der Waals surface area contributed by atoms with E-state index in [0.29, 0.717) is 5.02 Å². The Bertz CT molecular complexity index is 690. The van der Waals surface area contributed by atoms with Crippen LogP contribution < -0.4 is 4.74 Å². The molecule has 0 saturated carbocycles. The number of halogens is 1. The summed E-state index contributed by atoms with van der Waals surface area (Å²) in [6.45, 7) is 0. The summed E-state index contributed by atoms with van der Waals surface area (Å²) in [5, 5.41) is 0.629. The fourth-order valence-corrected chi connectivity index (χ4v) is 2.20. The molecule has 0 aliphatic carbocycles. The maximum Gasteiger partial charge on any atom is 0.127 e. The van der Waals surface area contributed by atoms with Gasteiger partial charge in [-0.15, -0.1) is 0 Å². The summed E-state index contributed by atoms with van der Waals surface area (Å²) in [7, 11) is 0. The molecule has 3 aromatic rings. The molecule has 0 bridgehead atoms. The molecular weight excluding hydrogens is 268 g/mol. The van der Waals surface area contributed by atoms with Crippen LogP contribution in [0.1, 0.15) is 0 Å². The van der Waals surface area contributed by atoms with Crippen molar-refractivity contribution in [2.24, 2.45) is 0 Å². The molecule has 0 N–H and O–H groups in total. The van der Waals surface area contributed by atoms with Crippen molar-refractivity contribution in [3.8, 4) is 22.6 Å². The molecule has 0 aromatic heterocycles. The number of hydrogen-bond acceptors (Lipinski definition) is 1. The summed E-state index contributed by atoms with van der Waals surface area (Å²) >= 11 is 6.14. The third kappa shape index (κ3) is 2.84. The van der Waals surface area contributed by atoms with Crippen molar-refractivity contribution in [3.05, 3.63) is 83.9 Å². The summed E-state index contributed by atoms with van der Waals surface area (Å²) in [6, 6.07) is 26.3. The molecule has 1 nitrogen and oxygen atoms in total. The van der Waals surface area contributed by atoms with E-state index in [-0.39, 0.29) is 0 Å². The number of para-hydroxylation sites is 1. The molecular formula is C18H12ClO. The van der Waals surface area contributed by atoms with Crippen molar-refractivity contribution in [1.82, 2.24) is 0 Å². The van der Waals surface area contributed by atoms with Crippen molar-refractivity contribution in [1.29, 1.82) is 0 Å². The first kappa shape index (κ1) is 12.8. The highest BCUT2D eigenvalue weighted by Gasteiger charge is 2.03. The zero-order valence-electron chi connectivity index (χ0n) is 10.7. The second kappa shape index (κ2) is 5.81. The summed E-state index contributed by atoms with van der Waals surface area (Å²) in [5.41, 5.74) is 2.02. The molecule has 0 aliphatic rings. The number of hydrogen-bond donors (Lipinski definition) is 0. The van der Waals surface area contributed by atoms with Gasteiger partial charge in [-0.1, -0.05) is 60.1 Å². The predicted molar refractivity (Wildman–Crippen MR) is 82.2 cm³/mol. The molecule has 3 rings (SSSR count). The second-order valence-electron chi connectivity index (χ2n) is 4.34. The average molecular weight is 280 g/mol. The van der Waals surface area contributed by atoms with Gasteiger partial charge < -0.3 is 4.74 Å². The standard InChI is InChI=1S/C18H12ClO/c19-18-9-5-4-8-17(18)14-10-12-16(13-11-14)20-15-6-2-1-3-7-15/h1-8,10-13H. The molecule has 0 amide bonds. The van der Waals surface area contributed by atoms with Gasteiger partial charge in [0.2, 0.25) is 0 Å². The summed E-state index contributed by atoms with van der Waals surface area (Å²) in [5.74, 6) is 1.63. The lowest BCUT2D eigenvalue weighted by molar-refractivity contribution is 0.483. The lowest BCUT2D eigenvalue weighted by Gasteiger charge is -2.07. The van der Waals surface area contributed by atoms with Gasteiger partial charge in [0.25, 0.3) is 0 Å². The van der Waals surface area contributed by atoms with Crippen LogP contribution in [0.15, 0.2) is 72.8 Å². The Morgan fingerprint density at radius 2 is 1.45 bits per heavy atom. The van der Waals surface area contributed by atoms with E-state index in [4.69, 9.17) is 16.3 Å². The minimum atomic E-state index is 0.629. The Balaban J connectivity index is 1.83. The normalized spacial score (nSPS) is 10.2. The van der Waals surface area contributed by atoms with Gasteiger partial charge >= 0.3 is 0 Å². The van der Waals surface area contributed by atoms with E-state index in [1.54, 1.807) is 6.07 Å². The van der Waals surface area contributed by atoms with Crippen LogP contribution in [0.3, 0.4) is 0 Å². The van der Waals surface area contributed by atoms with Crippen LogP contribution >= 0.6 is 11.6 Å². The van der Waals surface area contributed by atoms with Crippen LogP contribution in [0, 0.1) is 6.07 Å².